The van der Waals surface area contributed by atoms with Crippen molar-refractivity contribution in [3.8, 4) is 0 Å². The molecule has 0 N–H and O–H groups in total. The molecule has 0 amide bonds. The molecule has 0 unspecified atom stereocenters. The van der Waals surface area contributed by atoms with Crippen LogP contribution in [0.1, 0.15) is 26.7 Å². The molecular formula is C14H30O5. The highest BCUT2D eigenvalue weighted by Gasteiger charge is 2.40. The largest absolute Gasteiger partial charge is 0.382 e. The van der Waals surface area contributed by atoms with E-state index in [1.54, 1.807) is 28.4 Å². The normalized spacial score (nSPS) is 12.9. The van der Waals surface area contributed by atoms with Crippen LogP contribution >= 0.6 is 0 Å². The fraction of sp³-hybridized carbons (Fsp3) is 1.00. The summed E-state index contributed by atoms with van der Waals surface area (Å²) in [6.07, 6.45) is 1.59. The number of rotatable bonds is 12. The predicted molar refractivity (Wildman–Crippen MR) is 74.6 cm³/mol. The molecule has 19 heavy (non-hydrogen) atoms. The first-order chi connectivity index (χ1) is 9.07. The van der Waals surface area contributed by atoms with Gasteiger partial charge in [0.25, 0.3) is 0 Å². The maximum Gasteiger partial charge on any atom is 0.115 e. The van der Waals surface area contributed by atoms with Gasteiger partial charge in [0, 0.05) is 28.4 Å². The Labute approximate surface area is 117 Å². The van der Waals surface area contributed by atoms with E-state index >= 15 is 0 Å². The van der Waals surface area contributed by atoms with E-state index in [0.29, 0.717) is 26.4 Å². The first-order valence-corrected chi connectivity index (χ1v) is 6.73. The summed E-state index contributed by atoms with van der Waals surface area (Å²) >= 11 is 0. The van der Waals surface area contributed by atoms with Crippen LogP contribution in [0.25, 0.3) is 0 Å². The van der Waals surface area contributed by atoms with Crippen molar-refractivity contribution >= 4 is 0 Å². The molecule has 0 aromatic rings. The van der Waals surface area contributed by atoms with Gasteiger partial charge in [-0.15, -0.1) is 0 Å². The quantitative estimate of drug-likeness (QED) is 0.545. The third-order valence-electron chi connectivity index (χ3n) is 3.35. The molecule has 0 saturated heterocycles. The third-order valence-corrected chi connectivity index (χ3v) is 3.35. The molecule has 116 valence electrons. The zero-order valence-corrected chi connectivity index (χ0v) is 13.3. The van der Waals surface area contributed by atoms with Crippen molar-refractivity contribution in [1.82, 2.24) is 0 Å². The molecule has 0 aromatic heterocycles. The van der Waals surface area contributed by atoms with Gasteiger partial charge in [-0.1, -0.05) is 13.8 Å². The van der Waals surface area contributed by atoms with E-state index in [2.05, 4.69) is 13.8 Å². The highest BCUT2D eigenvalue weighted by Crippen LogP contribution is 2.28. The molecule has 0 aliphatic rings. The minimum absolute atomic E-state index is 0.476. The zero-order chi connectivity index (χ0) is 14.8. The Kier molecular flexibility index (Phi) is 9.56. The van der Waals surface area contributed by atoms with Gasteiger partial charge in [-0.05, 0) is 12.8 Å². The summed E-state index contributed by atoms with van der Waals surface area (Å²) < 4.78 is 27.6. The molecule has 5 nitrogen and oxygen atoms in total. The molecule has 0 heterocycles. The fourth-order valence-corrected chi connectivity index (χ4v) is 2.27. The number of hydrogen-bond donors (Lipinski definition) is 0. The lowest BCUT2D eigenvalue weighted by Gasteiger charge is -2.42. The van der Waals surface area contributed by atoms with Crippen molar-refractivity contribution in [3.63, 3.8) is 0 Å². The summed E-state index contributed by atoms with van der Waals surface area (Å²) in [5.41, 5.74) is -0.951. The second-order valence-electron chi connectivity index (χ2n) is 4.91. The van der Waals surface area contributed by atoms with Crippen LogP contribution in [0, 0.1) is 0 Å². The second-order valence-corrected chi connectivity index (χ2v) is 4.91. The van der Waals surface area contributed by atoms with E-state index in [9.17, 15) is 0 Å². The first kappa shape index (κ1) is 18.8. The molecule has 0 aromatic carbocycles. The van der Waals surface area contributed by atoms with Crippen LogP contribution in [-0.2, 0) is 23.7 Å². The van der Waals surface area contributed by atoms with Crippen LogP contribution < -0.4 is 0 Å². The number of methoxy groups -OCH3 is 4. The summed E-state index contributed by atoms with van der Waals surface area (Å²) in [6, 6.07) is 0. The second kappa shape index (κ2) is 9.66. The molecule has 0 saturated carbocycles. The highest BCUT2D eigenvalue weighted by atomic mass is 16.6. The molecule has 0 spiro atoms. The molecule has 0 radical (unpaired) electrons. The standard InChI is InChI=1S/C14H30O5/c1-7-13(9-15-3,10-16-4)19-14(8-2,11-17-5)12-18-6/h7-12H2,1-6H3. The average molecular weight is 278 g/mol. The Hall–Kier alpha value is -0.200. The Balaban J connectivity index is 5.08. The first-order valence-electron chi connectivity index (χ1n) is 6.73. The summed E-state index contributed by atoms with van der Waals surface area (Å²) in [7, 11) is 6.68. The molecule has 0 aliphatic carbocycles. The molecule has 0 aliphatic heterocycles. The van der Waals surface area contributed by atoms with E-state index in [-0.39, 0.29) is 0 Å². The van der Waals surface area contributed by atoms with Crippen LogP contribution in [0.5, 0.6) is 0 Å². The van der Waals surface area contributed by atoms with E-state index in [0.717, 1.165) is 12.8 Å². The van der Waals surface area contributed by atoms with Crippen molar-refractivity contribution in [2.45, 2.75) is 37.9 Å². The van der Waals surface area contributed by atoms with Gasteiger partial charge in [-0.3, -0.25) is 0 Å². The van der Waals surface area contributed by atoms with Gasteiger partial charge in [-0.25, -0.2) is 0 Å². The molecule has 0 atom stereocenters. The van der Waals surface area contributed by atoms with Gasteiger partial charge in [-0.2, -0.15) is 0 Å². The van der Waals surface area contributed by atoms with Gasteiger partial charge in [0.2, 0.25) is 0 Å². The minimum Gasteiger partial charge on any atom is -0.382 e. The Morgan fingerprint density at radius 3 is 1.00 bits per heavy atom. The van der Waals surface area contributed by atoms with Crippen molar-refractivity contribution < 1.29 is 23.7 Å². The van der Waals surface area contributed by atoms with Gasteiger partial charge < -0.3 is 23.7 Å². The smallest absolute Gasteiger partial charge is 0.115 e. The Bertz CT molecular complexity index is 186. The van der Waals surface area contributed by atoms with E-state index in [1.165, 1.54) is 0 Å². The van der Waals surface area contributed by atoms with Crippen molar-refractivity contribution in [2.75, 3.05) is 54.9 Å². The minimum atomic E-state index is -0.476. The molecular weight excluding hydrogens is 248 g/mol. The lowest BCUT2D eigenvalue weighted by atomic mass is 9.97. The number of ether oxygens (including phenoxy) is 5. The average Bonchev–Trinajstić information content (AvgIpc) is 2.39. The van der Waals surface area contributed by atoms with E-state index in [1.807, 2.05) is 0 Å². The van der Waals surface area contributed by atoms with Crippen LogP contribution in [0.4, 0.5) is 0 Å². The SMILES string of the molecule is CCC(COC)(COC)OC(CC)(COC)COC. The Morgan fingerprint density at radius 1 is 0.579 bits per heavy atom. The third kappa shape index (κ3) is 5.75. The van der Waals surface area contributed by atoms with Crippen molar-refractivity contribution in [2.24, 2.45) is 0 Å². The predicted octanol–water partition coefficient (Wildman–Crippen LogP) is 1.89. The van der Waals surface area contributed by atoms with E-state index in [4.69, 9.17) is 23.7 Å². The van der Waals surface area contributed by atoms with Gasteiger partial charge in [0.05, 0.1) is 26.4 Å². The lowest BCUT2D eigenvalue weighted by molar-refractivity contribution is -0.229. The maximum atomic E-state index is 6.39. The van der Waals surface area contributed by atoms with Crippen LogP contribution in [0.15, 0.2) is 0 Å². The van der Waals surface area contributed by atoms with Gasteiger partial charge >= 0.3 is 0 Å². The summed E-state index contributed by atoms with van der Waals surface area (Å²) in [4.78, 5) is 0. The summed E-state index contributed by atoms with van der Waals surface area (Å²) in [5, 5.41) is 0. The van der Waals surface area contributed by atoms with Gasteiger partial charge in [0.1, 0.15) is 11.2 Å². The monoisotopic (exact) mass is 278 g/mol. The van der Waals surface area contributed by atoms with Crippen LogP contribution in [-0.4, -0.2) is 66.1 Å². The van der Waals surface area contributed by atoms with Crippen molar-refractivity contribution in [3.05, 3.63) is 0 Å². The van der Waals surface area contributed by atoms with Crippen molar-refractivity contribution in [1.29, 1.82) is 0 Å². The maximum absolute atomic E-state index is 6.39. The summed E-state index contributed by atoms with van der Waals surface area (Å²) in [6.45, 7) is 6.05. The fourth-order valence-electron chi connectivity index (χ4n) is 2.27. The van der Waals surface area contributed by atoms with E-state index < -0.39 is 11.2 Å². The molecule has 0 bridgehead atoms. The number of hydrogen-bond acceptors (Lipinski definition) is 5. The lowest BCUT2D eigenvalue weighted by Crippen LogP contribution is -2.53. The van der Waals surface area contributed by atoms with Crippen LogP contribution in [0.2, 0.25) is 0 Å². The summed E-state index contributed by atoms with van der Waals surface area (Å²) in [5.74, 6) is 0. The highest BCUT2D eigenvalue weighted by molar-refractivity contribution is 4.88. The zero-order valence-electron chi connectivity index (χ0n) is 13.3. The topological polar surface area (TPSA) is 46.2 Å². The molecule has 0 rings (SSSR count). The van der Waals surface area contributed by atoms with Gasteiger partial charge in [0.15, 0.2) is 0 Å². The molecule has 5 heteroatoms. The van der Waals surface area contributed by atoms with Crippen LogP contribution in [0.3, 0.4) is 0 Å². The Morgan fingerprint density at radius 2 is 0.842 bits per heavy atom. The molecule has 0 fully saturated rings.